The maximum Gasteiger partial charge on any atom is 0.116 e. The lowest BCUT2D eigenvalue weighted by molar-refractivity contribution is 0.584. The zero-order valence-corrected chi connectivity index (χ0v) is 25.7. The standard InChI is InChI=1S/C37H30O2P3/c38-41(33-23-11-3-12-24-33,34-25-13-4-14-26-34)37(40(31-19-7-1-8-20-31)32-21-9-2-10-22-32)42(39,35-27-15-5-16-28-35)36-29-17-6-18-30-36/h1-30H/q-1. The van der Waals surface area contributed by atoms with Gasteiger partial charge in [0.05, 0.1) is 14.3 Å². The van der Waals surface area contributed by atoms with Crippen LogP contribution in [0.4, 0.5) is 0 Å². The van der Waals surface area contributed by atoms with E-state index >= 15 is 9.13 Å². The molecule has 0 aliphatic heterocycles. The smallest absolute Gasteiger partial charge is 0.116 e. The monoisotopic (exact) mass is 599 g/mol. The van der Waals surface area contributed by atoms with Crippen LogP contribution in [0.1, 0.15) is 0 Å². The Hall–Kier alpha value is -3.92. The van der Waals surface area contributed by atoms with E-state index in [0.717, 1.165) is 10.2 Å². The second-order valence-electron chi connectivity index (χ2n) is 9.87. The van der Waals surface area contributed by atoms with Gasteiger partial charge in [-0.2, -0.15) is 18.2 Å². The summed E-state index contributed by atoms with van der Waals surface area (Å²) in [7, 11) is -8.88. The van der Waals surface area contributed by atoms with Gasteiger partial charge in [0.15, 0.2) is 0 Å². The van der Waals surface area contributed by atoms with Crippen molar-refractivity contribution >= 4 is 48.4 Å². The Bertz CT molecular complexity index is 1720. The average molecular weight is 600 g/mol. The van der Waals surface area contributed by atoms with E-state index < -0.39 is 21.8 Å². The maximum absolute atomic E-state index is 16.5. The van der Waals surface area contributed by atoms with Crippen LogP contribution in [0.15, 0.2) is 182 Å². The summed E-state index contributed by atoms with van der Waals surface area (Å²) >= 11 is 0. The highest BCUT2D eigenvalue weighted by Crippen LogP contribution is 2.80. The molecule has 0 aliphatic rings. The van der Waals surface area contributed by atoms with Crippen LogP contribution in [0.5, 0.6) is 0 Å². The molecular formula is C37H30O2P3-. The molecule has 206 valence electrons. The van der Waals surface area contributed by atoms with Crippen molar-refractivity contribution in [2.45, 2.75) is 0 Å². The summed E-state index contributed by atoms with van der Waals surface area (Å²) in [6.07, 6.45) is 0. The third kappa shape index (κ3) is 5.24. The predicted molar refractivity (Wildman–Crippen MR) is 181 cm³/mol. The molecule has 0 radical (unpaired) electrons. The fourth-order valence-corrected chi connectivity index (χ4v) is 18.9. The zero-order valence-electron chi connectivity index (χ0n) is 23.0. The van der Waals surface area contributed by atoms with E-state index in [4.69, 9.17) is 0 Å². The zero-order chi connectivity index (χ0) is 28.8. The minimum absolute atomic E-state index is 0.595. The van der Waals surface area contributed by atoms with Crippen LogP contribution in [0.3, 0.4) is 0 Å². The van der Waals surface area contributed by atoms with Crippen LogP contribution >= 0.6 is 21.8 Å². The van der Waals surface area contributed by atoms with E-state index in [9.17, 15) is 0 Å². The molecule has 0 aromatic heterocycles. The van der Waals surface area contributed by atoms with Crippen LogP contribution < -0.4 is 26.5 Å². The Labute approximate surface area is 248 Å². The highest BCUT2D eigenvalue weighted by Gasteiger charge is 2.46. The van der Waals surface area contributed by atoms with Crippen molar-refractivity contribution in [2.24, 2.45) is 0 Å². The van der Waals surface area contributed by atoms with Crippen LogP contribution in [-0.4, -0.2) is 0 Å². The average Bonchev–Trinajstić information content (AvgIpc) is 3.09. The summed E-state index contributed by atoms with van der Waals surface area (Å²) < 4.78 is 33.0. The Balaban J connectivity index is 1.86. The topological polar surface area (TPSA) is 34.1 Å². The summed E-state index contributed by atoms with van der Waals surface area (Å²) in [5.41, 5.74) is 0. The van der Waals surface area contributed by atoms with E-state index in [-0.39, 0.29) is 0 Å². The van der Waals surface area contributed by atoms with Crippen molar-refractivity contribution in [1.82, 2.24) is 0 Å². The molecule has 0 aliphatic carbocycles. The summed E-state index contributed by atoms with van der Waals surface area (Å²) in [4.78, 5) is 1.01. The molecule has 6 aromatic rings. The minimum Gasteiger partial charge on any atom is -0.343 e. The first kappa shape index (κ1) is 28.2. The van der Waals surface area contributed by atoms with Gasteiger partial charge in [-0.05, 0) is 40.9 Å². The van der Waals surface area contributed by atoms with E-state index in [1.165, 1.54) is 0 Å². The molecule has 5 heteroatoms. The van der Waals surface area contributed by atoms with E-state index in [2.05, 4.69) is 24.3 Å². The molecule has 0 heterocycles. The number of hydrogen-bond acceptors (Lipinski definition) is 2. The van der Waals surface area contributed by atoms with Gasteiger partial charge in [0.1, 0.15) is 5.30 Å². The van der Waals surface area contributed by atoms with Gasteiger partial charge in [0.2, 0.25) is 0 Å². The van der Waals surface area contributed by atoms with Crippen molar-refractivity contribution < 1.29 is 9.13 Å². The normalized spacial score (nSPS) is 12.2. The SMILES string of the molecule is O=P(c1ccccc1)(c1ccccc1)[C-]([P+](c1ccccc1)=c1cccc[cH-]1)P(=O)(c1ccccc1)c1ccccc1. The van der Waals surface area contributed by atoms with Gasteiger partial charge in [-0.25, -0.2) is 0 Å². The Morgan fingerprint density at radius 1 is 0.429 bits per heavy atom. The van der Waals surface area contributed by atoms with Gasteiger partial charge < -0.3 is 9.13 Å². The lowest BCUT2D eigenvalue weighted by atomic mass is 10.4. The van der Waals surface area contributed by atoms with Gasteiger partial charge in [0, 0.05) is 10.1 Å². The van der Waals surface area contributed by atoms with E-state index in [0.29, 0.717) is 26.4 Å². The van der Waals surface area contributed by atoms with Crippen LogP contribution in [0.25, 0.3) is 0 Å². The lowest BCUT2D eigenvalue weighted by Gasteiger charge is -2.42. The van der Waals surface area contributed by atoms with Crippen molar-refractivity contribution in [2.75, 3.05) is 0 Å². The third-order valence-electron chi connectivity index (χ3n) is 7.27. The third-order valence-corrected chi connectivity index (χ3v) is 19.1. The lowest BCUT2D eigenvalue weighted by Crippen LogP contribution is -2.28. The molecule has 0 bridgehead atoms. The second kappa shape index (κ2) is 12.5. The summed E-state index contributed by atoms with van der Waals surface area (Å²) in [6.45, 7) is 0. The van der Waals surface area contributed by atoms with Gasteiger partial charge in [-0.3, -0.25) is 0 Å². The largest absolute Gasteiger partial charge is 0.343 e. The summed E-state index contributed by atoms with van der Waals surface area (Å²) in [6, 6.07) is 58.9. The fraction of sp³-hybridized carbons (Fsp3) is 0. The highest BCUT2D eigenvalue weighted by atomic mass is 31.3. The molecule has 0 saturated heterocycles. The molecular weight excluding hydrogens is 569 g/mol. The van der Waals surface area contributed by atoms with E-state index in [1.54, 1.807) is 0 Å². The predicted octanol–water partition coefficient (Wildman–Crippen LogP) is 8.22. The summed E-state index contributed by atoms with van der Waals surface area (Å²) in [5, 5.41) is 4.32. The van der Waals surface area contributed by atoms with Crippen molar-refractivity contribution in [1.29, 1.82) is 0 Å². The van der Waals surface area contributed by atoms with Crippen LogP contribution in [0, 0.1) is 10.1 Å². The van der Waals surface area contributed by atoms with Crippen LogP contribution in [-0.2, 0) is 9.13 Å². The Kier molecular flexibility index (Phi) is 8.41. The molecule has 1 atom stereocenters. The van der Waals surface area contributed by atoms with Gasteiger partial charge in [0.25, 0.3) is 0 Å². The molecule has 6 aromatic carbocycles. The molecule has 0 saturated carbocycles. The molecule has 0 N–H and O–H groups in total. The first-order valence-corrected chi connectivity index (χ1v) is 18.6. The van der Waals surface area contributed by atoms with Crippen molar-refractivity contribution in [3.63, 3.8) is 0 Å². The number of hydrogen-bond donors (Lipinski definition) is 0. The Morgan fingerprint density at radius 2 is 0.762 bits per heavy atom. The first-order valence-electron chi connectivity index (χ1n) is 13.8. The van der Waals surface area contributed by atoms with Crippen molar-refractivity contribution in [3.05, 3.63) is 192 Å². The maximum atomic E-state index is 16.5. The van der Waals surface area contributed by atoms with Gasteiger partial charge >= 0.3 is 0 Å². The van der Waals surface area contributed by atoms with E-state index in [1.807, 2.05) is 158 Å². The molecule has 2 nitrogen and oxygen atoms in total. The molecule has 0 amide bonds. The molecule has 0 fully saturated rings. The molecule has 42 heavy (non-hydrogen) atoms. The highest BCUT2D eigenvalue weighted by molar-refractivity contribution is 8.09. The Morgan fingerprint density at radius 3 is 1.10 bits per heavy atom. The summed E-state index contributed by atoms with van der Waals surface area (Å²) in [5.74, 6) is 0. The van der Waals surface area contributed by atoms with Gasteiger partial charge in [-0.1, -0.05) is 140 Å². The number of rotatable bonds is 8. The second-order valence-corrected chi connectivity index (χ2v) is 18.5. The molecule has 1 unspecified atom stereocenters. The molecule has 6 rings (SSSR count). The van der Waals surface area contributed by atoms with Gasteiger partial charge in [-0.15, -0.1) is 12.1 Å². The first-order chi connectivity index (χ1) is 20.6. The quantitative estimate of drug-likeness (QED) is 0.131. The minimum atomic E-state index is -3.69. The van der Waals surface area contributed by atoms with Crippen LogP contribution in [0.2, 0.25) is 0 Å². The number of benzene rings is 6. The van der Waals surface area contributed by atoms with Crippen molar-refractivity contribution in [3.8, 4) is 0 Å². The fourth-order valence-electron chi connectivity index (χ4n) is 5.33. The molecule has 0 spiro atoms.